The Bertz CT molecular complexity index is 778. The number of sulfonamides is 1. The van der Waals surface area contributed by atoms with Gasteiger partial charge in [-0.2, -0.15) is 4.31 Å². The molecule has 1 amide bonds. The molecule has 0 bridgehead atoms. The minimum atomic E-state index is -3.53. The van der Waals surface area contributed by atoms with Gasteiger partial charge in [0.1, 0.15) is 0 Å². The molecule has 1 unspecified atom stereocenters. The van der Waals surface area contributed by atoms with E-state index in [1.54, 1.807) is 22.5 Å². The molecule has 1 aromatic carbocycles. The van der Waals surface area contributed by atoms with Crippen LogP contribution >= 0.6 is 0 Å². The molecule has 3 rings (SSSR count). The summed E-state index contributed by atoms with van der Waals surface area (Å²) in [6, 6.07) is 5.18. The Labute approximate surface area is 156 Å². The third-order valence-corrected chi connectivity index (χ3v) is 7.32. The van der Waals surface area contributed by atoms with Gasteiger partial charge in [-0.3, -0.25) is 4.79 Å². The number of aryl methyl sites for hydroxylation is 1. The Morgan fingerprint density at radius 3 is 2.50 bits per heavy atom. The minimum Gasteiger partial charge on any atom is -0.326 e. The highest BCUT2D eigenvalue weighted by Crippen LogP contribution is 2.27. The van der Waals surface area contributed by atoms with Crippen molar-refractivity contribution >= 4 is 21.6 Å². The second-order valence-corrected chi connectivity index (χ2v) is 9.18. The molecule has 6 heteroatoms. The molecule has 1 N–H and O–H groups in total. The summed E-state index contributed by atoms with van der Waals surface area (Å²) in [5, 5.41) is 2.91. The van der Waals surface area contributed by atoms with Crippen molar-refractivity contribution in [1.29, 1.82) is 0 Å². The summed E-state index contributed by atoms with van der Waals surface area (Å²) in [6.07, 6.45) is 10.6. The zero-order valence-corrected chi connectivity index (χ0v) is 16.2. The van der Waals surface area contributed by atoms with Crippen molar-refractivity contribution in [2.75, 3.05) is 18.4 Å². The van der Waals surface area contributed by atoms with Crippen LogP contribution in [0.5, 0.6) is 0 Å². The minimum absolute atomic E-state index is 0.0312. The van der Waals surface area contributed by atoms with Gasteiger partial charge in [0.05, 0.1) is 4.90 Å². The maximum atomic E-state index is 13.1. The van der Waals surface area contributed by atoms with Crippen molar-refractivity contribution in [1.82, 2.24) is 4.31 Å². The van der Waals surface area contributed by atoms with Crippen LogP contribution in [0.2, 0.25) is 0 Å². The molecule has 1 aliphatic carbocycles. The first-order valence-corrected chi connectivity index (χ1v) is 11.0. The predicted molar refractivity (Wildman–Crippen MR) is 104 cm³/mol. The molecule has 1 saturated heterocycles. The second-order valence-electron chi connectivity index (χ2n) is 7.27. The molecule has 26 heavy (non-hydrogen) atoms. The van der Waals surface area contributed by atoms with Gasteiger partial charge in [0.25, 0.3) is 0 Å². The van der Waals surface area contributed by atoms with E-state index in [0.29, 0.717) is 29.2 Å². The first-order valence-electron chi connectivity index (χ1n) is 9.55. The van der Waals surface area contributed by atoms with Gasteiger partial charge < -0.3 is 5.32 Å². The fourth-order valence-electron chi connectivity index (χ4n) is 3.65. The molecule has 1 fully saturated rings. The molecule has 142 valence electrons. The van der Waals surface area contributed by atoms with E-state index in [4.69, 9.17) is 0 Å². The number of nitrogens with zero attached hydrogens (tertiary/aromatic N) is 1. The third kappa shape index (κ3) is 4.35. The van der Waals surface area contributed by atoms with Crippen molar-refractivity contribution < 1.29 is 13.2 Å². The topological polar surface area (TPSA) is 66.5 Å². The lowest BCUT2D eigenvalue weighted by Gasteiger charge is -2.22. The molecular weight excluding hydrogens is 348 g/mol. The van der Waals surface area contributed by atoms with Crippen LogP contribution in [0.1, 0.15) is 50.5 Å². The fourth-order valence-corrected chi connectivity index (χ4v) is 5.42. The van der Waals surface area contributed by atoms with Gasteiger partial charge >= 0.3 is 0 Å². The van der Waals surface area contributed by atoms with Crippen LogP contribution in [0.15, 0.2) is 35.2 Å². The van der Waals surface area contributed by atoms with E-state index in [9.17, 15) is 13.2 Å². The molecule has 0 spiro atoms. The largest absolute Gasteiger partial charge is 0.326 e. The van der Waals surface area contributed by atoms with Crippen molar-refractivity contribution in [3.05, 3.63) is 35.9 Å². The van der Waals surface area contributed by atoms with E-state index >= 15 is 0 Å². The normalized spacial score (nSPS) is 22.0. The van der Waals surface area contributed by atoms with Crippen LogP contribution in [-0.2, 0) is 14.8 Å². The molecule has 1 heterocycles. The molecule has 0 saturated carbocycles. The number of amides is 1. The summed E-state index contributed by atoms with van der Waals surface area (Å²) in [6.45, 7) is 2.96. The highest BCUT2D eigenvalue weighted by atomic mass is 32.2. The van der Waals surface area contributed by atoms with Gasteiger partial charge in [-0.25, -0.2) is 8.42 Å². The van der Waals surface area contributed by atoms with E-state index in [1.165, 1.54) is 0 Å². The Balaban J connectivity index is 1.80. The van der Waals surface area contributed by atoms with E-state index in [-0.39, 0.29) is 11.8 Å². The van der Waals surface area contributed by atoms with E-state index in [1.807, 2.05) is 13.0 Å². The number of nitrogens with one attached hydrogen (secondary N) is 1. The van der Waals surface area contributed by atoms with Crippen LogP contribution in [0.3, 0.4) is 0 Å². The van der Waals surface area contributed by atoms with Crippen molar-refractivity contribution in [2.45, 2.75) is 56.8 Å². The summed E-state index contributed by atoms with van der Waals surface area (Å²) in [5.41, 5.74) is 1.27. The van der Waals surface area contributed by atoms with Gasteiger partial charge in [-0.05, 0) is 56.7 Å². The Hall–Kier alpha value is -1.66. The third-order valence-electron chi connectivity index (χ3n) is 5.28. The fraction of sp³-hybridized carbons (Fsp3) is 0.550. The Morgan fingerprint density at radius 2 is 1.85 bits per heavy atom. The number of allylic oxidation sites excluding steroid dienone is 2. The van der Waals surface area contributed by atoms with Crippen molar-refractivity contribution in [2.24, 2.45) is 5.92 Å². The highest BCUT2D eigenvalue weighted by molar-refractivity contribution is 7.89. The van der Waals surface area contributed by atoms with Gasteiger partial charge in [-0.1, -0.05) is 31.1 Å². The number of carbonyl (C=O) groups excluding carboxylic acids is 1. The highest BCUT2D eigenvalue weighted by Gasteiger charge is 2.27. The van der Waals surface area contributed by atoms with Gasteiger partial charge in [-0.15, -0.1) is 0 Å². The number of carbonyl (C=O) groups is 1. The molecule has 2 aliphatic rings. The lowest BCUT2D eigenvalue weighted by atomic mass is 9.93. The molecule has 0 aromatic heterocycles. The van der Waals surface area contributed by atoms with Crippen LogP contribution in [-0.4, -0.2) is 31.7 Å². The van der Waals surface area contributed by atoms with Crippen LogP contribution in [0, 0.1) is 12.8 Å². The summed E-state index contributed by atoms with van der Waals surface area (Å²) < 4.78 is 27.8. The zero-order chi connectivity index (χ0) is 18.6. The Morgan fingerprint density at radius 1 is 1.12 bits per heavy atom. The summed E-state index contributed by atoms with van der Waals surface area (Å²) in [4.78, 5) is 12.8. The maximum Gasteiger partial charge on any atom is 0.243 e. The monoisotopic (exact) mass is 376 g/mol. The molecule has 0 radical (unpaired) electrons. The number of anilines is 1. The van der Waals surface area contributed by atoms with E-state index in [0.717, 1.165) is 44.9 Å². The lowest BCUT2D eigenvalue weighted by molar-refractivity contribution is -0.120. The maximum absolute atomic E-state index is 13.1. The average Bonchev–Trinajstić information content (AvgIpc) is 2.94. The summed E-state index contributed by atoms with van der Waals surface area (Å²) >= 11 is 0. The van der Waals surface area contributed by atoms with Gasteiger partial charge in [0.2, 0.25) is 15.9 Å². The quantitative estimate of drug-likeness (QED) is 0.812. The van der Waals surface area contributed by atoms with Crippen LogP contribution in [0.4, 0.5) is 5.69 Å². The standard InChI is InChI=1S/C20H28N2O3S/c1-16-11-12-18(21-20(23)17-9-5-4-6-10-17)15-19(16)26(24,25)22-13-7-2-3-8-14-22/h4-5,11-12,15,17H,2-3,6-10,13-14H2,1H3,(H,21,23). The molecule has 1 atom stereocenters. The SMILES string of the molecule is Cc1ccc(NC(=O)C2CC=CCC2)cc1S(=O)(=O)N1CCCCCC1. The molecule has 1 aliphatic heterocycles. The van der Waals surface area contributed by atoms with Crippen molar-refractivity contribution in [3.63, 3.8) is 0 Å². The lowest BCUT2D eigenvalue weighted by Crippen LogP contribution is -2.32. The van der Waals surface area contributed by atoms with Gasteiger partial charge in [0, 0.05) is 24.7 Å². The van der Waals surface area contributed by atoms with E-state index in [2.05, 4.69) is 11.4 Å². The average molecular weight is 377 g/mol. The molecule has 5 nitrogen and oxygen atoms in total. The second kappa shape index (κ2) is 8.35. The first-order chi connectivity index (χ1) is 12.5. The summed E-state index contributed by atoms with van der Waals surface area (Å²) in [5.74, 6) is -0.0664. The number of hydrogen-bond acceptors (Lipinski definition) is 3. The predicted octanol–water partition coefficient (Wildman–Crippen LogP) is 3.85. The smallest absolute Gasteiger partial charge is 0.243 e. The van der Waals surface area contributed by atoms with Crippen LogP contribution < -0.4 is 5.32 Å². The number of rotatable bonds is 4. The number of hydrogen-bond donors (Lipinski definition) is 1. The van der Waals surface area contributed by atoms with Gasteiger partial charge in [0.15, 0.2) is 0 Å². The van der Waals surface area contributed by atoms with E-state index < -0.39 is 10.0 Å². The molecular formula is C20H28N2O3S. The Kier molecular flexibility index (Phi) is 6.14. The van der Waals surface area contributed by atoms with Crippen LogP contribution in [0.25, 0.3) is 0 Å². The zero-order valence-electron chi connectivity index (χ0n) is 15.4. The first kappa shape index (κ1) is 19.1. The molecule has 1 aromatic rings. The summed E-state index contributed by atoms with van der Waals surface area (Å²) in [7, 11) is -3.53. The van der Waals surface area contributed by atoms with Crippen molar-refractivity contribution in [3.8, 4) is 0 Å². The number of benzene rings is 1.